The van der Waals surface area contributed by atoms with E-state index in [1.165, 1.54) is 8.87 Å². The van der Waals surface area contributed by atoms with Gasteiger partial charge >= 0.3 is 128 Å². The second-order valence-electron chi connectivity index (χ2n) is 4.22. The standard InChI is InChI=1S/C16H8N4Se/c1-18-16-7-3-12(10-20-16)15-6-5-14(21-15)11-2-4-13(8-17)19-9-11/h2-7,9-10H. The van der Waals surface area contributed by atoms with Crippen LogP contribution < -0.4 is 0 Å². The third kappa shape index (κ3) is 2.75. The van der Waals surface area contributed by atoms with E-state index >= 15 is 0 Å². The average molecular weight is 335 g/mol. The number of nitriles is 1. The van der Waals surface area contributed by atoms with Crippen molar-refractivity contribution in [1.82, 2.24) is 9.97 Å². The van der Waals surface area contributed by atoms with Gasteiger partial charge in [0.05, 0.1) is 0 Å². The SMILES string of the molecule is [C-]#[N+]c1ccc(-c2ccc(-c3ccc(C#N)nc3)[se]2)cn1. The van der Waals surface area contributed by atoms with E-state index in [2.05, 4.69) is 26.9 Å². The summed E-state index contributed by atoms with van der Waals surface area (Å²) in [6, 6.07) is 13.5. The molecule has 21 heavy (non-hydrogen) atoms. The summed E-state index contributed by atoms with van der Waals surface area (Å²) in [4.78, 5) is 11.5. The molecule has 0 amide bonds. The molecule has 0 radical (unpaired) electrons. The van der Waals surface area contributed by atoms with Crippen LogP contribution in [-0.4, -0.2) is 24.5 Å². The molecule has 0 unspecified atom stereocenters. The van der Waals surface area contributed by atoms with Gasteiger partial charge in [0.15, 0.2) is 0 Å². The number of aromatic nitrogens is 2. The third-order valence-electron chi connectivity index (χ3n) is 2.92. The van der Waals surface area contributed by atoms with Crippen LogP contribution in [0.3, 0.4) is 0 Å². The van der Waals surface area contributed by atoms with Gasteiger partial charge in [0.1, 0.15) is 0 Å². The molecule has 0 atom stereocenters. The van der Waals surface area contributed by atoms with Gasteiger partial charge in [-0.05, 0) is 0 Å². The van der Waals surface area contributed by atoms with Gasteiger partial charge in [-0.15, -0.1) is 0 Å². The number of pyridine rings is 2. The van der Waals surface area contributed by atoms with Crippen LogP contribution in [0.5, 0.6) is 0 Å². The second kappa shape index (κ2) is 5.73. The Kier molecular flexibility index (Phi) is 3.62. The van der Waals surface area contributed by atoms with Crippen molar-refractivity contribution >= 4 is 20.3 Å². The van der Waals surface area contributed by atoms with Crippen LogP contribution in [0.1, 0.15) is 5.69 Å². The van der Waals surface area contributed by atoms with Crippen LogP contribution in [0.4, 0.5) is 5.82 Å². The molecule has 0 aliphatic heterocycles. The predicted octanol–water partition coefficient (Wildman–Crippen LogP) is 3.29. The van der Waals surface area contributed by atoms with Crippen molar-refractivity contribution in [3.8, 4) is 26.1 Å². The molecule has 5 heteroatoms. The van der Waals surface area contributed by atoms with E-state index in [1.54, 1.807) is 24.5 Å². The van der Waals surface area contributed by atoms with Crippen LogP contribution in [0.25, 0.3) is 24.8 Å². The number of rotatable bonds is 2. The molecule has 0 aliphatic carbocycles. The normalized spacial score (nSPS) is 9.81. The Morgan fingerprint density at radius 2 is 1.62 bits per heavy atom. The maximum absolute atomic E-state index is 8.77. The van der Waals surface area contributed by atoms with Gasteiger partial charge in [0, 0.05) is 0 Å². The van der Waals surface area contributed by atoms with Crippen LogP contribution in [0, 0.1) is 17.9 Å². The average Bonchev–Trinajstić information content (AvgIpc) is 3.05. The maximum atomic E-state index is 8.77. The number of nitrogens with zero attached hydrogens (tertiary/aromatic N) is 4. The first-order chi connectivity index (χ1) is 10.3. The molecule has 0 aromatic carbocycles. The number of hydrogen-bond donors (Lipinski definition) is 0. The van der Waals surface area contributed by atoms with E-state index in [-0.39, 0.29) is 14.5 Å². The van der Waals surface area contributed by atoms with E-state index in [1.807, 2.05) is 18.2 Å². The molecule has 3 aromatic heterocycles. The van der Waals surface area contributed by atoms with Crippen molar-refractivity contribution in [2.24, 2.45) is 0 Å². The summed E-state index contributed by atoms with van der Waals surface area (Å²) in [5, 5.41) is 8.77. The summed E-state index contributed by atoms with van der Waals surface area (Å²) in [6.45, 7) is 6.91. The fourth-order valence-electron chi connectivity index (χ4n) is 1.85. The Morgan fingerprint density at radius 1 is 0.952 bits per heavy atom. The monoisotopic (exact) mass is 336 g/mol. The summed E-state index contributed by atoms with van der Waals surface area (Å²) in [7, 11) is 0. The molecule has 0 saturated carbocycles. The van der Waals surface area contributed by atoms with E-state index in [0.717, 1.165) is 11.1 Å². The summed E-state index contributed by atoms with van der Waals surface area (Å²) < 4.78 is 2.45. The Labute approximate surface area is 127 Å². The minimum atomic E-state index is 0.178. The van der Waals surface area contributed by atoms with Gasteiger partial charge in [-0.2, -0.15) is 0 Å². The Balaban J connectivity index is 1.92. The first kappa shape index (κ1) is 13.3. The topological polar surface area (TPSA) is 53.9 Å². The fraction of sp³-hybridized carbons (Fsp3) is 0. The van der Waals surface area contributed by atoms with Gasteiger partial charge in [0.2, 0.25) is 0 Å². The van der Waals surface area contributed by atoms with Crippen molar-refractivity contribution in [3.05, 3.63) is 65.9 Å². The van der Waals surface area contributed by atoms with Crippen LogP contribution in [-0.2, 0) is 0 Å². The van der Waals surface area contributed by atoms with Gasteiger partial charge in [-0.3, -0.25) is 0 Å². The van der Waals surface area contributed by atoms with Crippen LogP contribution in [0.15, 0.2) is 48.8 Å². The first-order valence-corrected chi connectivity index (χ1v) is 7.82. The van der Waals surface area contributed by atoms with E-state index in [4.69, 9.17) is 11.8 Å². The quantitative estimate of drug-likeness (QED) is 0.533. The van der Waals surface area contributed by atoms with Crippen molar-refractivity contribution in [2.45, 2.75) is 0 Å². The second-order valence-corrected chi connectivity index (χ2v) is 6.50. The molecule has 3 rings (SSSR count). The first-order valence-electron chi connectivity index (χ1n) is 6.10. The van der Waals surface area contributed by atoms with Crippen molar-refractivity contribution in [1.29, 1.82) is 5.26 Å². The Bertz CT molecular complexity index is 777. The predicted molar refractivity (Wildman–Crippen MR) is 80.8 cm³/mol. The molecule has 0 saturated heterocycles. The summed E-state index contributed by atoms with van der Waals surface area (Å²) >= 11 is 0.178. The summed E-state index contributed by atoms with van der Waals surface area (Å²) in [6.07, 6.45) is 3.48. The Hall–Kier alpha value is -2.72. The van der Waals surface area contributed by atoms with Crippen LogP contribution in [0.2, 0.25) is 0 Å². The van der Waals surface area contributed by atoms with Crippen molar-refractivity contribution in [2.75, 3.05) is 0 Å². The fourth-order valence-corrected chi connectivity index (χ4v) is 3.92. The molecule has 3 heterocycles. The van der Waals surface area contributed by atoms with E-state index in [0.29, 0.717) is 11.5 Å². The van der Waals surface area contributed by atoms with Gasteiger partial charge in [-0.1, -0.05) is 0 Å². The molecular weight excluding hydrogens is 327 g/mol. The zero-order valence-electron chi connectivity index (χ0n) is 10.8. The molecule has 0 fully saturated rings. The van der Waals surface area contributed by atoms with Crippen molar-refractivity contribution in [3.63, 3.8) is 0 Å². The zero-order valence-corrected chi connectivity index (χ0v) is 12.5. The number of hydrogen-bond acceptors (Lipinski definition) is 3. The molecule has 98 valence electrons. The zero-order chi connectivity index (χ0) is 14.7. The molecule has 0 bridgehead atoms. The molecular formula is C16H8N4Se. The molecule has 0 aliphatic rings. The molecule has 0 N–H and O–H groups in total. The van der Waals surface area contributed by atoms with Gasteiger partial charge in [-0.25, -0.2) is 0 Å². The summed E-state index contributed by atoms with van der Waals surface area (Å²) in [5.74, 6) is 0.411. The van der Waals surface area contributed by atoms with Crippen LogP contribution >= 0.6 is 0 Å². The van der Waals surface area contributed by atoms with Gasteiger partial charge < -0.3 is 0 Å². The van der Waals surface area contributed by atoms with Gasteiger partial charge in [0.25, 0.3) is 0 Å². The molecule has 4 nitrogen and oxygen atoms in total. The minimum absolute atomic E-state index is 0.178. The molecule has 3 aromatic rings. The van der Waals surface area contributed by atoms with Crippen molar-refractivity contribution < 1.29 is 0 Å². The summed E-state index contributed by atoms with van der Waals surface area (Å²) in [5.41, 5.74) is 2.53. The third-order valence-corrected chi connectivity index (χ3v) is 5.40. The molecule has 0 spiro atoms. The van der Waals surface area contributed by atoms with E-state index in [9.17, 15) is 0 Å². The Morgan fingerprint density at radius 3 is 2.10 bits per heavy atom. The van der Waals surface area contributed by atoms with E-state index < -0.39 is 0 Å².